The zero-order valence-electron chi connectivity index (χ0n) is 22.2. The van der Waals surface area contributed by atoms with E-state index < -0.39 is 22.7 Å². The molecule has 3 aromatic rings. The molecule has 0 radical (unpaired) electrons. The number of ketones is 2. The van der Waals surface area contributed by atoms with Crippen molar-refractivity contribution in [3.05, 3.63) is 77.1 Å². The van der Waals surface area contributed by atoms with Crippen molar-refractivity contribution in [3.8, 4) is 0 Å². The molecule has 4 N–H and O–H groups in total. The molecule has 1 heterocycles. The molecule has 5 rings (SSSR count). The Bertz CT molecular complexity index is 1390. The number of nitrogens with two attached hydrogens (primary N) is 2. The molecule has 38 heavy (non-hydrogen) atoms. The number of fused-ring (bicyclic) bond motifs is 2. The van der Waals surface area contributed by atoms with E-state index in [-0.39, 0.29) is 11.6 Å². The Labute approximate surface area is 223 Å². The molecule has 0 fully saturated rings. The second-order valence-corrected chi connectivity index (χ2v) is 11.7. The summed E-state index contributed by atoms with van der Waals surface area (Å²) in [7, 11) is 0. The number of Topliss-reactive ketones (excluding diaryl/α,β-unsaturated/α-hetero) is 2. The lowest BCUT2D eigenvalue weighted by molar-refractivity contribution is 0.0844. The minimum atomic E-state index is -0.469. The first-order chi connectivity index (χ1) is 18.0. The minimum absolute atomic E-state index is 0.0790. The van der Waals surface area contributed by atoms with Crippen LogP contribution in [-0.2, 0) is 12.8 Å². The summed E-state index contributed by atoms with van der Waals surface area (Å²) < 4.78 is 0. The Morgan fingerprint density at radius 3 is 1.53 bits per heavy atom. The lowest BCUT2D eigenvalue weighted by atomic mass is 9.65. The Hall–Kier alpha value is -4.13. The number of nitrogen functional groups attached to an aromatic ring is 2. The molecule has 2 aliphatic rings. The number of para-hydroxylation sites is 4. The molecule has 0 aliphatic heterocycles. The highest BCUT2D eigenvalue weighted by atomic mass is 16.1. The van der Waals surface area contributed by atoms with Crippen molar-refractivity contribution in [1.29, 1.82) is 0 Å². The summed E-state index contributed by atoms with van der Waals surface area (Å²) in [6, 6.07) is 16.4. The lowest BCUT2D eigenvalue weighted by Crippen LogP contribution is -2.43. The lowest BCUT2D eigenvalue weighted by Gasteiger charge is -2.39. The van der Waals surface area contributed by atoms with Gasteiger partial charge in [0, 0.05) is 23.6 Å². The van der Waals surface area contributed by atoms with Crippen LogP contribution in [0.3, 0.4) is 0 Å². The van der Waals surface area contributed by atoms with Crippen LogP contribution in [0, 0.1) is 22.7 Å². The average Bonchev–Trinajstić information content (AvgIpc) is 2.84. The quantitative estimate of drug-likeness (QED) is 0.340. The van der Waals surface area contributed by atoms with Gasteiger partial charge in [0.1, 0.15) is 0 Å². The molecule has 0 saturated heterocycles. The molecular weight excluding hydrogens is 474 g/mol. The smallest absolute Gasteiger partial charge is 0.173 e. The molecule has 2 aromatic carbocycles. The fraction of sp³-hybridized carbons (Fsp3) is 0.323. The first-order valence-corrected chi connectivity index (χ1v) is 12.9. The number of carbonyl (C=O) groups is 2. The molecule has 7 heteroatoms. The summed E-state index contributed by atoms with van der Waals surface area (Å²) in [6.45, 7) is 8.21. The molecule has 2 unspecified atom stereocenters. The zero-order chi connectivity index (χ0) is 27.2. The number of hydrogen-bond acceptors (Lipinski definition) is 7. The summed E-state index contributed by atoms with van der Waals surface area (Å²) >= 11 is 0. The topological polar surface area (TPSA) is 124 Å². The van der Waals surface area contributed by atoms with Crippen LogP contribution >= 0.6 is 0 Å². The third-order valence-electron chi connectivity index (χ3n) is 7.81. The number of rotatable bonds is 4. The third-order valence-corrected chi connectivity index (χ3v) is 7.81. The van der Waals surface area contributed by atoms with Crippen LogP contribution < -0.4 is 11.5 Å². The number of hydrogen-bond donors (Lipinski definition) is 2. The second kappa shape index (κ2) is 9.31. The monoisotopic (exact) mass is 507 g/mol. The summed E-state index contributed by atoms with van der Waals surface area (Å²) in [5, 5.41) is 0. The highest BCUT2D eigenvalue weighted by molar-refractivity contribution is 6.13. The van der Waals surface area contributed by atoms with Crippen molar-refractivity contribution < 1.29 is 9.59 Å². The molecule has 7 nitrogen and oxygen atoms in total. The SMILES string of the molecule is CC1(C)Cc2nc3c(cc2C(=O)C1C=Nc1ccccc1N)C(=O)C(C=Nc1ccccc1N)C(C)(C)C3. The van der Waals surface area contributed by atoms with Crippen molar-refractivity contribution >= 4 is 46.7 Å². The van der Waals surface area contributed by atoms with Crippen LogP contribution in [0.25, 0.3) is 0 Å². The molecular formula is C31H33N5O2. The Kier molecular flexibility index (Phi) is 6.25. The van der Waals surface area contributed by atoms with E-state index in [1.54, 1.807) is 30.6 Å². The fourth-order valence-electron chi connectivity index (χ4n) is 5.48. The van der Waals surface area contributed by atoms with E-state index in [0.29, 0.717) is 46.7 Å². The van der Waals surface area contributed by atoms with E-state index in [1.807, 2.05) is 36.4 Å². The molecule has 1 aromatic heterocycles. The van der Waals surface area contributed by atoms with Gasteiger partial charge in [-0.15, -0.1) is 0 Å². The average molecular weight is 508 g/mol. The van der Waals surface area contributed by atoms with E-state index in [9.17, 15) is 9.59 Å². The highest BCUT2D eigenvalue weighted by Crippen LogP contribution is 2.43. The van der Waals surface area contributed by atoms with E-state index in [1.165, 1.54) is 0 Å². The van der Waals surface area contributed by atoms with Gasteiger partial charge in [0.05, 0.1) is 46.0 Å². The maximum Gasteiger partial charge on any atom is 0.173 e. The minimum Gasteiger partial charge on any atom is -0.397 e. The number of anilines is 2. The van der Waals surface area contributed by atoms with Gasteiger partial charge in [-0.1, -0.05) is 52.0 Å². The highest BCUT2D eigenvalue weighted by Gasteiger charge is 2.45. The zero-order valence-corrected chi connectivity index (χ0v) is 22.2. The van der Waals surface area contributed by atoms with Crippen molar-refractivity contribution in [2.75, 3.05) is 11.5 Å². The predicted octanol–water partition coefficient (Wildman–Crippen LogP) is 5.81. The second-order valence-electron chi connectivity index (χ2n) is 11.7. The summed E-state index contributed by atoms with van der Waals surface area (Å²) in [5.41, 5.74) is 16.2. The summed E-state index contributed by atoms with van der Waals surface area (Å²) in [4.78, 5) is 41.6. The largest absolute Gasteiger partial charge is 0.397 e. The van der Waals surface area contributed by atoms with Crippen molar-refractivity contribution in [3.63, 3.8) is 0 Å². The molecule has 0 bridgehead atoms. The van der Waals surface area contributed by atoms with Gasteiger partial charge >= 0.3 is 0 Å². The van der Waals surface area contributed by atoms with Crippen LogP contribution in [-0.4, -0.2) is 29.0 Å². The van der Waals surface area contributed by atoms with Crippen molar-refractivity contribution in [2.45, 2.75) is 40.5 Å². The Morgan fingerprint density at radius 2 is 1.13 bits per heavy atom. The number of carbonyl (C=O) groups excluding carboxylic acids is 2. The van der Waals surface area contributed by atoms with E-state index >= 15 is 0 Å². The van der Waals surface area contributed by atoms with E-state index in [4.69, 9.17) is 16.5 Å². The number of benzene rings is 2. The maximum atomic E-state index is 13.8. The van der Waals surface area contributed by atoms with Gasteiger partial charge < -0.3 is 11.5 Å². The Morgan fingerprint density at radius 1 is 0.737 bits per heavy atom. The third kappa shape index (κ3) is 4.53. The predicted molar refractivity (Wildman–Crippen MR) is 153 cm³/mol. The van der Waals surface area contributed by atoms with Gasteiger partial charge in [0.25, 0.3) is 0 Å². The van der Waals surface area contributed by atoms with Crippen molar-refractivity contribution in [1.82, 2.24) is 4.98 Å². The van der Waals surface area contributed by atoms with Gasteiger partial charge in [-0.2, -0.15) is 0 Å². The molecule has 0 amide bonds. The van der Waals surface area contributed by atoms with E-state index in [0.717, 1.165) is 11.4 Å². The Balaban J connectivity index is 1.50. The molecule has 194 valence electrons. The standard InChI is InChI=1S/C31H33N5O2/c1-30(2)14-26-18(28(37)20(30)16-34-24-11-7-5-9-22(24)32)13-19-27(36-26)15-31(3,4)21(29(19)38)17-35-25-12-8-6-10-23(25)33/h5-13,16-17,20-21H,14-15,32-33H2,1-4H3. The number of aromatic nitrogens is 1. The van der Waals surface area contributed by atoms with Crippen LogP contribution in [0.2, 0.25) is 0 Å². The maximum absolute atomic E-state index is 13.8. The van der Waals surface area contributed by atoms with E-state index in [2.05, 4.69) is 37.7 Å². The first-order valence-electron chi connectivity index (χ1n) is 12.9. The van der Waals surface area contributed by atoms with Crippen LogP contribution in [0.15, 0.2) is 64.6 Å². The summed E-state index contributed by atoms with van der Waals surface area (Å²) in [5.74, 6) is -1.10. The van der Waals surface area contributed by atoms with Gasteiger partial charge in [0.15, 0.2) is 11.6 Å². The van der Waals surface area contributed by atoms with Gasteiger partial charge in [-0.05, 0) is 54.0 Å². The van der Waals surface area contributed by atoms with Gasteiger partial charge in [0.2, 0.25) is 0 Å². The summed E-state index contributed by atoms with van der Waals surface area (Å²) in [6.07, 6.45) is 4.60. The molecule has 2 atom stereocenters. The van der Waals surface area contributed by atoms with Gasteiger partial charge in [-0.25, -0.2) is 0 Å². The number of nitrogens with zero attached hydrogens (tertiary/aromatic N) is 3. The normalized spacial score (nSPS) is 22.0. The number of pyridine rings is 1. The first kappa shape index (κ1) is 25.5. The molecule has 0 spiro atoms. The molecule has 2 aliphatic carbocycles. The van der Waals surface area contributed by atoms with Crippen LogP contribution in [0.4, 0.5) is 22.7 Å². The number of aliphatic imine (C=N–C) groups is 2. The van der Waals surface area contributed by atoms with Crippen molar-refractivity contribution in [2.24, 2.45) is 32.7 Å². The molecule has 0 saturated carbocycles. The van der Waals surface area contributed by atoms with Gasteiger partial charge in [-0.3, -0.25) is 24.6 Å². The fourth-order valence-corrected chi connectivity index (χ4v) is 5.48. The van der Waals surface area contributed by atoms with Crippen LogP contribution in [0.1, 0.15) is 59.8 Å². The van der Waals surface area contributed by atoms with Crippen LogP contribution in [0.5, 0.6) is 0 Å².